The van der Waals surface area contributed by atoms with Crippen LogP contribution in [0.3, 0.4) is 0 Å². The van der Waals surface area contributed by atoms with Crippen molar-refractivity contribution in [2.75, 3.05) is 32.1 Å². The number of rotatable bonds is 5. The summed E-state index contributed by atoms with van der Waals surface area (Å²) in [7, 11) is 1.87. The maximum atomic E-state index is 11.6. The quantitative estimate of drug-likeness (QED) is 0.811. The van der Waals surface area contributed by atoms with Gasteiger partial charge >= 0.3 is 0 Å². The minimum Gasteiger partial charge on any atom is -0.486 e. The van der Waals surface area contributed by atoms with Crippen molar-refractivity contribution in [3.63, 3.8) is 0 Å². The molecule has 0 atom stereocenters. The fourth-order valence-electron chi connectivity index (χ4n) is 1.77. The van der Waals surface area contributed by atoms with Crippen molar-refractivity contribution in [1.82, 2.24) is 5.32 Å². The van der Waals surface area contributed by atoms with Gasteiger partial charge in [-0.3, -0.25) is 4.79 Å². The lowest BCUT2D eigenvalue weighted by Crippen LogP contribution is -2.17. The van der Waals surface area contributed by atoms with Crippen molar-refractivity contribution in [2.24, 2.45) is 0 Å². The van der Waals surface area contributed by atoms with Crippen LogP contribution in [0.2, 0.25) is 0 Å². The largest absolute Gasteiger partial charge is 0.486 e. The highest BCUT2D eigenvalue weighted by Gasteiger charge is 2.12. The number of carbonyl (C=O) groups is 1. The molecule has 6 heteroatoms. The van der Waals surface area contributed by atoms with Crippen LogP contribution >= 0.6 is 12.4 Å². The second kappa shape index (κ2) is 7.86. The van der Waals surface area contributed by atoms with Gasteiger partial charge in [0.25, 0.3) is 0 Å². The van der Waals surface area contributed by atoms with Gasteiger partial charge in [-0.15, -0.1) is 12.4 Å². The van der Waals surface area contributed by atoms with Crippen molar-refractivity contribution in [2.45, 2.75) is 12.8 Å². The normalized spacial score (nSPS) is 12.5. The number of halogens is 1. The Bertz CT molecular complexity index is 426. The highest BCUT2D eigenvalue weighted by atomic mass is 35.5. The van der Waals surface area contributed by atoms with Crippen molar-refractivity contribution in [3.8, 4) is 11.5 Å². The van der Waals surface area contributed by atoms with Crippen LogP contribution in [0, 0.1) is 0 Å². The molecule has 0 radical (unpaired) electrons. The molecule has 0 aliphatic carbocycles. The second-order valence-electron chi connectivity index (χ2n) is 4.11. The minimum atomic E-state index is 0. The van der Waals surface area contributed by atoms with Gasteiger partial charge in [-0.2, -0.15) is 0 Å². The van der Waals surface area contributed by atoms with Crippen LogP contribution in [-0.2, 0) is 4.79 Å². The van der Waals surface area contributed by atoms with Crippen LogP contribution in [0.15, 0.2) is 18.2 Å². The van der Waals surface area contributed by atoms with E-state index in [0.717, 1.165) is 24.4 Å². The Morgan fingerprint density at radius 1 is 1.26 bits per heavy atom. The molecule has 1 amide bonds. The number of nitrogens with one attached hydrogen (secondary N) is 2. The molecule has 0 saturated carbocycles. The van der Waals surface area contributed by atoms with E-state index in [1.54, 1.807) is 6.07 Å². The van der Waals surface area contributed by atoms with E-state index in [1.165, 1.54) is 0 Å². The van der Waals surface area contributed by atoms with Crippen LogP contribution < -0.4 is 20.1 Å². The number of ether oxygens (including phenoxy) is 2. The smallest absolute Gasteiger partial charge is 0.224 e. The van der Waals surface area contributed by atoms with Crippen LogP contribution in [0.1, 0.15) is 12.8 Å². The summed E-state index contributed by atoms with van der Waals surface area (Å²) in [5, 5.41) is 5.86. The van der Waals surface area contributed by atoms with Crippen molar-refractivity contribution in [1.29, 1.82) is 0 Å². The molecule has 5 nitrogen and oxygen atoms in total. The molecule has 2 rings (SSSR count). The monoisotopic (exact) mass is 286 g/mol. The first-order valence-electron chi connectivity index (χ1n) is 6.13. The summed E-state index contributed by atoms with van der Waals surface area (Å²) in [5.74, 6) is 1.44. The molecule has 1 aromatic carbocycles. The first kappa shape index (κ1) is 15.6. The van der Waals surface area contributed by atoms with Crippen LogP contribution in [-0.4, -0.2) is 32.7 Å². The zero-order valence-electron chi connectivity index (χ0n) is 10.9. The van der Waals surface area contributed by atoms with E-state index in [2.05, 4.69) is 10.6 Å². The third-order valence-electron chi connectivity index (χ3n) is 2.66. The van der Waals surface area contributed by atoms with Gasteiger partial charge in [0.1, 0.15) is 13.2 Å². The summed E-state index contributed by atoms with van der Waals surface area (Å²) < 4.78 is 10.9. The van der Waals surface area contributed by atoms with E-state index in [0.29, 0.717) is 25.4 Å². The van der Waals surface area contributed by atoms with Crippen molar-refractivity contribution >= 4 is 24.0 Å². The molecule has 2 N–H and O–H groups in total. The SMILES string of the molecule is CNCCCC(=O)Nc1ccc2c(c1)OCCO2.Cl. The first-order chi connectivity index (χ1) is 8.79. The lowest BCUT2D eigenvalue weighted by atomic mass is 10.2. The molecule has 19 heavy (non-hydrogen) atoms. The molecule has 1 aromatic rings. The summed E-state index contributed by atoms with van der Waals surface area (Å²) in [6.07, 6.45) is 1.34. The summed E-state index contributed by atoms with van der Waals surface area (Å²) in [5.41, 5.74) is 0.744. The predicted octanol–water partition coefficient (Wildman–Crippen LogP) is 1.82. The Morgan fingerprint density at radius 2 is 2.00 bits per heavy atom. The van der Waals surface area contributed by atoms with E-state index < -0.39 is 0 Å². The standard InChI is InChI=1S/C13H18N2O3.ClH/c1-14-6-2-3-13(16)15-10-4-5-11-12(9-10)18-8-7-17-11;/h4-5,9,14H,2-3,6-8H2,1H3,(H,15,16);1H. The number of fused-ring (bicyclic) bond motifs is 1. The van der Waals surface area contributed by atoms with Gasteiger partial charge in [0.15, 0.2) is 11.5 Å². The molecule has 0 saturated heterocycles. The molecule has 0 bridgehead atoms. The van der Waals surface area contributed by atoms with E-state index >= 15 is 0 Å². The van der Waals surface area contributed by atoms with Gasteiger partial charge in [-0.1, -0.05) is 0 Å². The molecular weight excluding hydrogens is 268 g/mol. The number of carbonyl (C=O) groups excluding carboxylic acids is 1. The Morgan fingerprint density at radius 3 is 2.74 bits per heavy atom. The predicted molar refractivity (Wildman–Crippen MR) is 76.5 cm³/mol. The molecule has 106 valence electrons. The van der Waals surface area contributed by atoms with Crippen LogP contribution in [0.5, 0.6) is 11.5 Å². The second-order valence-corrected chi connectivity index (χ2v) is 4.11. The number of anilines is 1. The van der Waals surface area contributed by atoms with Crippen LogP contribution in [0.25, 0.3) is 0 Å². The van der Waals surface area contributed by atoms with Gasteiger partial charge in [0, 0.05) is 18.2 Å². The highest BCUT2D eigenvalue weighted by Crippen LogP contribution is 2.32. The van der Waals surface area contributed by atoms with E-state index in [-0.39, 0.29) is 18.3 Å². The van der Waals surface area contributed by atoms with E-state index in [1.807, 2.05) is 19.2 Å². The number of benzene rings is 1. The zero-order valence-corrected chi connectivity index (χ0v) is 11.7. The van der Waals surface area contributed by atoms with Gasteiger partial charge in [0.05, 0.1) is 0 Å². The average Bonchev–Trinajstić information content (AvgIpc) is 2.39. The Labute approximate surface area is 119 Å². The van der Waals surface area contributed by atoms with E-state index in [9.17, 15) is 4.79 Å². The fourth-order valence-corrected chi connectivity index (χ4v) is 1.77. The molecule has 1 aliphatic heterocycles. The summed E-state index contributed by atoms with van der Waals surface area (Å²) in [4.78, 5) is 11.6. The van der Waals surface area contributed by atoms with Gasteiger partial charge in [0.2, 0.25) is 5.91 Å². The summed E-state index contributed by atoms with van der Waals surface area (Å²) in [6.45, 7) is 1.96. The maximum absolute atomic E-state index is 11.6. The number of hydrogen-bond donors (Lipinski definition) is 2. The number of hydrogen-bond acceptors (Lipinski definition) is 4. The topological polar surface area (TPSA) is 59.6 Å². The van der Waals surface area contributed by atoms with Crippen molar-refractivity contribution < 1.29 is 14.3 Å². The minimum absolute atomic E-state index is 0. The third kappa shape index (κ3) is 4.61. The lowest BCUT2D eigenvalue weighted by Gasteiger charge is -2.19. The average molecular weight is 287 g/mol. The first-order valence-corrected chi connectivity index (χ1v) is 6.13. The number of amides is 1. The molecule has 0 spiro atoms. The fraction of sp³-hybridized carbons (Fsp3) is 0.462. The molecule has 0 unspecified atom stereocenters. The molecule has 0 fully saturated rings. The Hall–Kier alpha value is -1.46. The molecule has 1 aliphatic rings. The molecular formula is C13H19ClN2O3. The summed E-state index contributed by atoms with van der Waals surface area (Å²) >= 11 is 0. The lowest BCUT2D eigenvalue weighted by molar-refractivity contribution is -0.116. The molecule has 0 aromatic heterocycles. The Kier molecular flexibility index (Phi) is 6.45. The van der Waals surface area contributed by atoms with E-state index in [4.69, 9.17) is 9.47 Å². The van der Waals surface area contributed by atoms with Gasteiger partial charge in [-0.25, -0.2) is 0 Å². The highest BCUT2D eigenvalue weighted by molar-refractivity contribution is 5.91. The van der Waals surface area contributed by atoms with Crippen LogP contribution in [0.4, 0.5) is 5.69 Å². The third-order valence-corrected chi connectivity index (χ3v) is 2.66. The van der Waals surface area contributed by atoms with Gasteiger partial charge < -0.3 is 20.1 Å². The van der Waals surface area contributed by atoms with Crippen molar-refractivity contribution in [3.05, 3.63) is 18.2 Å². The zero-order chi connectivity index (χ0) is 12.8. The molecule has 1 heterocycles. The Balaban J connectivity index is 0.00000180. The van der Waals surface area contributed by atoms with Gasteiger partial charge in [-0.05, 0) is 32.1 Å². The maximum Gasteiger partial charge on any atom is 0.224 e. The summed E-state index contributed by atoms with van der Waals surface area (Å²) in [6, 6.07) is 5.44.